The summed E-state index contributed by atoms with van der Waals surface area (Å²) in [6.07, 6.45) is 0. The number of carbonyl (C=O) groups excluding carboxylic acids is 2. The van der Waals surface area contributed by atoms with Crippen molar-refractivity contribution in [3.05, 3.63) is 84.4 Å². The molecular formula is C24H19NO5. The number of furan rings is 1. The van der Waals surface area contributed by atoms with Crippen LogP contribution in [0, 0.1) is 0 Å². The van der Waals surface area contributed by atoms with E-state index in [2.05, 4.69) is 5.32 Å². The highest BCUT2D eigenvalue weighted by molar-refractivity contribution is 5.94. The highest BCUT2D eigenvalue weighted by Crippen LogP contribution is 2.28. The Balaban J connectivity index is 1.39. The highest BCUT2D eigenvalue weighted by atomic mass is 16.5. The molecule has 0 aliphatic carbocycles. The molecule has 1 N–H and O–H groups in total. The molecule has 1 heterocycles. The van der Waals surface area contributed by atoms with Crippen LogP contribution in [0.25, 0.3) is 22.3 Å². The number of rotatable bonds is 6. The van der Waals surface area contributed by atoms with E-state index in [0.717, 1.165) is 22.3 Å². The number of esters is 1. The number of hydrogen-bond donors (Lipinski definition) is 1. The topological polar surface area (TPSA) is 77.8 Å². The van der Waals surface area contributed by atoms with Gasteiger partial charge >= 0.3 is 5.97 Å². The van der Waals surface area contributed by atoms with E-state index in [4.69, 9.17) is 13.9 Å². The third kappa shape index (κ3) is 4.17. The number of fused-ring (bicyclic) bond motifs is 1. The van der Waals surface area contributed by atoms with Crippen LogP contribution in [-0.4, -0.2) is 25.6 Å². The van der Waals surface area contributed by atoms with Gasteiger partial charge in [-0.2, -0.15) is 0 Å². The van der Waals surface area contributed by atoms with Crippen LogP contribution in [-0.2, 0) is 9.53 Å². The molecule has 0 radical (unpaired) electrons. The molecule has 4 rings (SSSR count). The van der Waals surface area contributed by atoms with Gasteiger partial charge in [-0.3, -0.25) is 4.79 Å². The second-order valence-corrected chi connectivity index (χ2v) is 6.55. The molecule has 150 valence electrons. The third-order valence-corrected chi connectivity index (χ3v) is 4.53. The van der Waals surface area contributed by atoms with Gasteiger partial charge in [0.05, 0.1) is 7.11 Å². The number of benzene rings is 3. The Morgan fingerprint density at radius 3 is 2.43 bits per heavy atom. The van der Waals surface area contributed by atoms with Crippen LogP contribution in [0.1, 0.15) is 10.4 Å². The summed E-state index contributed by atoms with van der Waals surface area (Å²) in [6.45, 7) is -0.237. The summed E-state index contributed by atoms with van der Waals surface area (Å²) in [5, 5.41) is 3.81. The molecule has 0 aliphatic heterocycles. The first-order valence-corrected chi connectivity index (χ1v) is 9.33. The minimum atomic E-state index is -0.521. The van der Waals surface area contributed by atoms with Gasteiger partial charge < -0.3 is 19.2 Å². The number of amides is 1. The Morgan fingerprint density at radius 1 is 0.933 bits per heavy atom. The van der Waals surface area contributed by atoms with Crippen LogP contribution in [0.4, 0.5) is 5.69 Å². The van der Waals surface area contributed by atoms with Gasteiger partial charge in [0.2, 0.25) is 0 Å². The second-order valence-electron chi connectivity index (χ2n) is 6.55. The fourth-order valence-electron chi connectivity index (χ4n) is 3.05. The maximum Gasteiger partial charge on any atom is 0.341 e. The molecule has 6 heteroatoms. The van der Waals surface area contributed by atoms with Crippen molar-refractivity contribution in [3.8, 4) is 17.1 Å². The van der Waals surface area contributed by atoms with Crippen molar-refractivity contribution in [1.82, 2.24) is 0 Å². The summed E-state index contributed by atoms with van der Waals surface area (Å²) in [5.41, 5.74) is 2.63. The molecule has 0 fully saturated rings. The second kappa shape index (κ2) is 8.53. The van der Waals surface area contributed by atoms with E-state index in [9.17, 15) is 9.59 Å². The minimum Gasteiger partial charge on any atom is -0.483 e. The van der Waals surface area contributed by atoms with E-state index in [1.807, 2.05) is 42.5 Å². The van der Waals surface area contributed by atoms with E-state index in [1.54, 1.807) is 36.4 Å². The van der Waals surface area contributed by atoms with E-state index >= 15 is 0 Å². The van der Waals surface area contributed by atoms with Gasteiger partial charge in [-0.25, -0.2) is 4.79 Å². The molecular weight excluding hydrogens is 382 g/mol. The fourth-order valence-corrected chi connectivity index (χ4v) is 3.05. The number of nitrogens with one attached hydrogen (secondary N) is 1. The van der Waals surface area contributed by atoms with Gasteiger partial charge in [0, 0.05) is 16.6 Å². The Hall–Kier alpha value is -4.06. The zero-order valence-corrected chi connectivity index (χ0v) is 16.3. The lowest BCUT2D eigenvalue weighted by atomic mass is 10.1. The largest absolute Gasteiger partial charge is 0.483 e. The lowest BCUT2D eigenvalue weighted by Crippen LogP contribution is -2.21. The van der Waals surface area contributed by atoms with Gasteiger partial charge in [0.1, 0.15) is 22.7 Å². The molecule has 0 atom stereocenters. The van der Waals surface area contributed by atoms with Gasteiger partial charge in [0.15, 0.2) is 6.61 Å². The van der Waals surface area contributed by atoms with Crippen LogP contribution in [0.5, 0.6) is 5.75 Å². The number of methoxy groups -OCH3 is 1. The van der Waals surface area contributed by atoms with Crippen LogP contribution >= 0.6 is 0 Å². The Labute approximate surface area is 173 Å². The van der Waals surface area contributed by atoms with Crippen molar-refractivity contribution in [2.75, 3.05) is 19.0 Å². The van der Waals surface area contributed by atoms with Crippen molar-refractivity contribution in [2.24, 2.45) is 0 Å². The lowest BCUT2D eigenvalue weighted by molar-refractivity contribution is -0.118. The van der Waals surface area contributed by atoms with E-state index in [1.165, 1.54) is 7.11 Å². The summed E-state index contributed by atoms with van der Waals surface area (Å²) >= 11 is 0. The molecule has 0 aliphatic rings. The molecule has 30 heavy (non-hydrogen) atoms. The molecule has 1 aromatic heterocycles. The Kier molecular flexibility index (Phi) is 5.48. The van der Waals surface area contributed by atoms with Crippen LogP contribution < -0.4 is 10.1 Å². The lowest BCUT2D eigenvalue weighted by Gasteiger charge is -2.10. The summed E-state index contributed by atoms with van der Waals surface area (Å²) in [5.74, 6) is 0.190. The molecule has 1 amide bonds. The summed E-state index contributed by atoms with van der Waals surface area (Å²) in [7, 11) is 1.29. The molecule has 0 spiro atoms. The Morgan fingerprint density at radius 2 is 1.67 bits per heavy atom. The van der Waals surface area contributed by atoms with Gasteiger partial charge in [-0.15, -0.1) is 0 Å². The molecule has 0 saturated heterocycles. The van der Waals surface area contributed by atoms with Crippen LogP contribution in [0.15, 0.2) is 83.3 Å². The van der Waals surface area contributed by atoms with Gasteiger partial charge in [-0.05, 0) is 48.5 Å². The predicted molar refractivity (Wildman–Crippen MR) is 114 cm³/mol. The quantitative estimate of drug-likeness (QED) is 0.465. The molecule has 4 aromatic rings. The zero-order valence-electron chi connectivity index (χ0n) is 16.3. The fraction of sp³-hybridized carbons (Fsp3) is 0.0833. The molecule has 6 nitrogen and oxygen atoms in total. The highest BCUT2D eigenvalue weighted by Gasteiger charge is 2.13. The number of carbonyl (C=O) groups is 2. The first-order valence-electron chi connectivity index (χ1n) is 9.33. The molecule has 0 unspecified atom stereocenters. The standard InChI is InChI=1S/C24H19NO5/c1-28-24(27)19-7-3-5-9-21(19)29-15-23(26)25-18-12-10-16(11-13-18)22-14-17-6-2-4-8-20(17)30-22/h2-14H,15H2,1H3,(H,25,26). The monoisotopic (exact) mass is 401 g/mol. The first-order chi connectivity index (χ1) is 14.6. The van der Waals surface area contributed by atoms with Gasteiger partial charge in [-0.1, -0.05) is 30.3 Å². The molecule has 3 aromatic carbocycles. The van der Waals surface area contributed by atoms with E-state index < -0.39 is 5.97 Å². The van der Waals surface area contributed by atoms with Crippen molar-refractivity contribution in [1.29, 1.82) is 0 Å². The van der Waals surface area contributed by atoms with Gasteiger partial charge in [0.25, 0.3) is 5.91 Å². The minimum absolute atomic E-state index is 0.237. The average Bonchev–Trinajstić information content (AvgIpc) is 3.22. The maximum atomic E-state index is 12.2. The van der Waals surface area contributed by atoms with Crippen molar-refractivity contribution < 1.29 is 23.5 Å². The maximum absolute atomic E-state index is 12.2. The smallest absolute Gasteiger partial charge is 0.341 e. The van der Waals surface area contributed by atoms with Crippen molar-refractivity contribution >= 4 is 28.5 Å². The number of anilines is 1. The normalized spacial score (nSPS) is 10.6. The molecule has 0 saturated carbocycles. The van der Waals surface area contributed by atoms with Crippen molar-refractivity contribution in [3.63, 3.8) is 0 Å². The average molecular weight is 401 g/mol. The number of para-hydroxylation sites is 2. The third-order valence-electron chi connectivity index (χ3n) is 4.53. The summed E-state index contributed by atoms with van der Waals surface area (Å²) < 4.78 is 16.1. The predicted octanol–water partition coefficient (Wildman–Crippen LogP) is 4.90. The van der Waals surface area contributed by atoms with Crippen molar-refractivity contribution in [2.45, 2.75) is 0 Å². The molecule has 0 bridgehead atoms. The zero-order chi connectivity index (χ0) is 20.9. The SMILES string of the molecule is COC(=O)c1ccccc1OCC(=O)Nc1ccc(-c2cc3ccccc3o2)cc1. The number of ether oxygens (including phenoxy) is 2. The van der Waals surface area contributed by atoms with E-state index in [0.29, 0.717) is 11.4 Å². The number of hydrogen-bond acceptors (Lipinski definition) is 5. The first kappa shape index (κ1) is 19.3. The van der Waals surface area contributed by atoms with E-state index in [-0.39, 0.29) is 18.1 Å². The summed E-state index contributed by atoms with van der Waals surface area (Å²) in [6, 6.07) is 23.7. The van der Waals surface area contributed by atoms with Crippen LogP contribution in [0.3, 0.4) is 0 Å². The Bertz CT molecular complexity index is 1160. The van der Waals surface area contributed by atoms with Crippen LogP contribution in [0.2, 0.25) is 0 Å². The summed E-state index contributed by atoms with van der Waals surface area (Å²) in [4.78, 5) is 24.0.